The summed E-state index contributed by atoms with van der Waals surface area (Å²) in [4.78, 5) is 39.1. The highest BCUT2D eigenvalue weighted by atomic mass is 32.1. The number of nitrogens with zero attached hydrogens (tertiary/aromatic N) is 2. The summed E-state index contributed by atoms with van der Waals surface area (Å²) in [5.41, 5.74) is 5.51. The molecule has 0 radical (unpaired) electrons. The summed E-state index contributed by atoms with van der Waals surface area (Å²) in [7, 11) is 0. The Balaban J connectivity index is 2.27. The van der Waals surface area contributed by atoms with Crippen LogP contribution in [0.1, 0.15) is 21.8 Å². The highest BCUT2D eigenvalue weighted by Gasteiger charge is 2.36. The van der Waals surface area contributed by atoms with Crippen molar-refractivity contribution in [2.75, 3.05) is 11.4 Å². The third kappa shape index (κ3) is 2.06. The summed E-state index contributed by atoms with van der Waals surface area (Å²) < 4.78 is 0. The Labute approximate surface area is 106 Å². The molecule has 2 rings (SSSR count). The van der Waals surface area contributed by atoms with Gasteiger partial charge in [0.2, 0.25) is 11.8 Å². The van der Waals surface area contributed by atoms with Gasteiger partial charge < -0.3 is 10.8 Å². The molecular weight excluding hydrogens is 258 g/mol. The topological polar surface area (TPSA) is 114 Å². The lowest BCUT2D eigenvalue weighted by Gasteiger charge is -2.11. The van der Waals surface area contributed by atoms with Crippen LogP contribution in [0.5, 0.6) is 0 Å². The molecule has 1 aliphatic heterocycles. The van der Waals surface area contributed by atoms with Crippen molar-refractivity contribution in [2.24, 2.45) is 11.7 Å². The van der Waals surface area contributed by atoms with Gasteiger partial charge in [-0.05, 0) is 6.92 Å². The number of anilines is 1. The fraction of sp³-hybridized carbons (Fsp3) is 0.400. The van der Waals surface area contributed by atoms with E-state index in [2.05, 4.69) is 4.98 Å². The predicted octanol–water partition coefficient (Wildman–Crippen LogP) is -0.0121. The summed E-state index contributed by atoms with van der Waals surface area (Å²) in [5, 5.41) is 9.23. The smallest absolute Gasteiger partial charge is 0.347 e. The van der Waals surface area contributed by atoms with Crippen LogP contribution in [0.25, 0.3) is 0 Å². The van der Waals surface area contributed by atoms with E-state index in [0.717, 1.165) is 11.3 Å². The van der Waals surface area contributed by atoms with Crippen molar-refractivity contribution in [3.05, 3.63) is 10.6 Å². The number of aryl methyl sites for hydroxylation is 1. The number of hydrogen-bond acceptors (Lipinski definition) is 5. The number of carbonyl (C=O) groups excluding carboxylic acids is 2. The molecule has 1 fully saturated rings. The predicted molar refractivity (Wildman–Crippen MR) is 63.5 cm³/mol. The van der Waals surface area contributed by atoms with Crippen LogP contribution in [0.15, 0.2) is 0 Å². The number of carboxylic acids is 1. The maximum Gasteiger partial charge on any atom is 0.347 e. The lowest BCUT2D eigenvalue weighted by molar-refractivity contribution is -0.123. The minimum absolute atomic E-state index is 0.0520. The summed E-state index contributed by atoms with van der Waals surface area (Å²) in [5.74, 6) is -2.40. The van der Waals surface area contributed by atoms with E-state index in [-0.39, 0.29) is 23.7 Å². The van der Waals surface area contributed by atoms with E-state index >= 15 is 0 Å². The van der Waals surface area contributed by atoms with Crippen LogP contribution < -0.4 is 10.6 Å². The molecule has 18 heavy (non-hydrogen) atoms. The molecule has 0 aliphatic carbocycles. The van der Waals surface area contributed by atoms with E-state index in [1.807, 2.05) is 0 Å². The molecular formula is C10H11N3O4S. The SMILES string of the molecule is Cc1nc(N2CC(C(N)=O)CC2=O)sc1C(=O)O. The Hall–Kier alpha value is -1.96. The number of amides is 2. The van der Waals surface area contributed by atoms with E-state index in [1.54, 1.807) is 6.92 Å². The van der Waals surface area contributed by atoms with Crippen LogP contribution in [0, 0.1) is 12.8 Å². The molecule has 1 aromatic rings. The van der Waals surface area contributed by atoms with Gasteiger partial charge in [0.25, 0.3) is 0 Å². The number of carbonyl (C=O) groups is 3. The number of nitrogens with two attached hydrogens (primary N) is 1. The first-order chi connectivity index (χ1) is 8.40. The second-order valence-electron chi connectivity index (χ2n) is 4.02. The van der Waals surface area contributed by atoms with Gasteiger partial charge in [0, 0.05) is 13.0 Å². The van der Waals surface area contributed by atoms with Crippen LogP contribution >= 0.6 is 11.3 Å². The third-order valence-electron chi connectivity index (χ3n) is 2.74. The van der Waals surface area contributed by atoms with E-state index in [4.69, 9.17) is 10.8 Å². The quantitative estimate of drug-likeness (QED) is 0.801. The van der Waals surface area contributed by atoms with E-state index in [9.17, 15) is 14.4 Å². The van der Waals surface area contributed by atoms with E-state index < -0.39 is 17.8 Å². The minimum atomic E-state index is -1.07. The van der Waals surface area contributed by atoms with Gasteiger partial charge in [0.15, 0.2) is 5.13 Å². The van der Waals surface area contributed by atoms with Crippen LogP contribution in [-0.2, 0) is 9.59 Å². The molecule has 2 amide bonds. The molecule has 0 aromatic carbocycles. The Morgan fingerprint density at radius 1 is 1.56 bits per heavy atom. The van der Waals surface area contributed by atoms with Gasteiger partial charge >= 0.3 is 5.97 Å². The molecule has 1 unspecified atom stereocenters. The van der Waals surface area contributed by atoms with E-state index in [1.165, 1.54) is 4.90 Å². The zero-order chi connectivity index (χ0) is 13.4. The van der Waals surface area contributed by atoms with Gasteiger partial charge in [0.1, 0.15) is 4.88 Å². The normalized spacial score (nSPS) is 19.3. The summed E-state index contributed by atoms with van der Waals surface area (Å²) >= 11 is 0.925. The molecule has 1 atom stereocenters. The molecule has 96 valence electrons. The Kier molecular flexibility index (Phi) is 3.04. The molecule has 3 N–H and O–H groups in total. The molecule has 8 heteroatoms. The molecule has 0 spiro atoms. The van der Waals surface area contributed by atoms with Crippen molar-refractivity contribution >= 4 is 34.3 Å². The standard InChI is InChI=1S/C10H11N3O4S/c1-4-7(9(16)17)18-10(12-4)13-3-5(8(11)15)2-6(13)14/h5H,2-3H2,1H3,(H2,11,15)(H,16,17). The maximum absolute atomic E-state index is 11.7. The number of rotatable bonds is 3. The summed E-state index contributed by atoms with van der Waals surface area (Å²) in [6, 6.07) is 0. The Morgan fingerprint density at radius 2 is 2.22 bits per heavy atom. The fourth-order valence-corrected chi connectivity index (χ4v) is 2.71. The molecule has 1 aromatic heterocycles. The second kappa shape index (κ2) is 4.37. The van der Waals surface area contributed by atoms with Crippen molar-refractivity contribution < 1.29 is 19.5 Å². The lowest BCUT2D eigenvalue weighted by atomic mass is 10.1. The van der Waals surface area contributed by atoms with E-state index in [0.29, 0.717) is 10.8 Å². The molecule has 7 nitrogen and oxygen atoms in total. The number of aromatic carboxylic acids is 1. The molecule has 1 saturated heterocycles. The molecule has 2 heterocycles. The zero-order valence-electron chi connectivity index (χ0n) is 9.54. The zero-order valence-corrected chi connectivity index (χ0v) is 10.4. The third-order valence-corrected chi connectivity index (χ3v) is 3.91. The molecule has 0 saturated carbocycles. The van der Waals surface area contributed by atoms with Crippen molar-refractivity contribution in [1.82, 2.24) is 4.98 Å². The monoisotopic (exact) mass is 269 g/mol. The number of thiazole rings is 1. The maximum atomic E-state index is 11.7. The van der Waals surface area contributed by atoms with Crippen LogP contribution in [0.3, 0.4) is 0 Å². The number of aromatic nitrogens is 1. The van der Waals surface area contributed by atoms with Gasteiger partial charge in [-0.15, -0.1) is 0 Å². The number of carboxylic acid groups (broad SMARTS) is 1. The van der Waals surface area contributed by atoms with Crippen molar-refractivity contribution in [2.45, 2.75) is 13.3 Å². The number of primary amides is 1. The van der Waals surface area contributed by atoms with Gasteiger partial charge in [-0.25, -0.2) is 9.78 Å². The van der Waals surface area contributed by atoms with Gasteiger partial charge in [0.05, 0.1) is 11.6 Å². The fourth-order valence-electron chi connectivity index (χ4n) is 1.78. The number of hydrogen-bond donors (Lipinski definition) is 2. The minimum Gasteiger partial charge on any atom is -0.477 e. The van der Waals surface area contributed by atoms with Crippen molar-refractivity contribution in [3.63, 3.8) is 0 Å². The largest absolute Gasteiger partial charge is 0.477 e. The summed E-state index contributed by atoms with van der Waals surface area (Å²) in [6.45, 7) is 1.73. The van der Waals surface area contributed by atoms with Crippen molar-refractivity contribution in [1.29, 1.82) is 0 Å². The van der Waals surface area contributed by atoms with Crippen molar-refractivity contribution in [3.8, 4) is 0 Å². The summed E-state index contributed by atoms with van der Waals surface area (Å²) in [6.07, 6.45) is 0.0520. The first-order valence-electron chi connectivity index (χ1n) is 5.20. The van der Waals surface area contributed by atoms with Crippen LogP contribution in [0.2, 0.25) is 0 Å². The Bertz CT molecular complexity index is 539. The van der Waals surface area contributed by atoms with Gasteiger partial charge in [-0.3, -0.25) is 14.5 Å². The highest BCUT2D eigenvalue weighted by molar-refractivity contribution is 7.17. The first-order valence-corrected chi connectivity index (χ1v) is 6.02. The highest BCUT2D eigenvalue weighted by Crippen LogP contribution is 2.30. The second-order valence-corrected chi connectivity index (χ2v) is 5.00. The van der Waals surface area contributed by atoms with Gasteiger partial charge in [-0.2, -0.15) is 0 Å². The first kappa shape index (κ1) is 12.5. The molecule has 1 aliphatic rings. The molecule has 0 bridgehead atoms. The Morgan fingerprint density at radius 3 is 2.67 bits per heavy atom. The van der Waals surface area contributed by atoms with Crippen LogP contribution in [0.4, 0.5) is 5.13 Å². The van der Waals surface area contributed by atoms with Gasteiger partial charge in [-0.1, -0.05) is 11.3 Å². The average molecular weight is 269 g/mol. The average Bonchev–Trinajstić information content (AvgIpc) is 2.81. The van der Waals surface area contributed by atoms with Crippen LogP contribution in [-0.4, -0.2) is 34.4 Å². The lowest BCUT2D eigenvalue weighted by Crippen LogP contribution is -2.28.